The molecule has 0 aliphatic carbocycles. The third kappa shape index (κ3) is 5.14. The maximum absolute atomic E-state index is 13.7. The molecule has 0 unspecified atom stereocenters. The SMILES string of the molecule is CCCNCc1cccc(OCc2ccc(Br)cc2F)c1. The van der Waals surface area contributed by atoms with E-state index in [4.69, 9.17) is 4.74 Å². The molecule has 112 valence electrons. The molecule has 21 heavy (non-hydrogen) atoms. The molecule has 0 radical (unpaired) electrons. The Morgan fingerprint density at radius 3 is 2.81 bits per heavy atom. The molecule has 0 heterocycles. The highest BCUT2D eigenvalue weighted by molar-refractivity contribution is 9.10. The lowest BCUT2D eigenvalue weighted by Crippen LogP contribution is -2.13. The summed E-state index contributed by atoms with van der Waals surface area (Å²) >= 11 is 3.24. The molecule has 0 atom stereocenters. The summed E-state index contributed by atoms with van der Waals surface area (Å²) in [7, 11) is 0. The number of hydrogen-bond acceptors (Lipinski definition) is 2. The van der Waals surface area contributed by atoms with Gasteiger partial charge in [-0.25, -0.2) is 4.39 Å². The molecule has 0 aliphatic rings. The van der Waals surface area contributed by atoms with Gasteiger partial charge in [0.1, 0.15) is 18.2 Å². The summed E-state index contributed by atoms with van der Waals surface area (Å²) in [5.41, 5.74) is 1.71. The third-order valence-electron chi connectivity index (χ3n) is 3.06. The predicted octanol–water partition coefficient (Wildman–Crippen LogP) is 4.67. The quantitative estimate of drug-likeness (QED) is 0.732. The number of halogens is 2. The Hall–Kier alpha value is -1.39. The van der Waals surface area contributed by atoms with Crippen molar-refractivity contribution in [1.29, 1.82) is 0 Å². The van der Waals surface area contributed by atoms with Gasteiger partial charge in [-0.3, -0.25) is 0 Å². The van der Waals surface area contributed by atoms with Gasteiger partial charge >= 0.3 is 0 Å². The largest absolute Gasteiger partial charge is 0.489 e. The highest BCUT2D eigenvalue weighted by Gasteiger charge is 2.04. The van der Waals surface area contributed by atoms with Gasteiger partial charge in [0.25, 0.3) is 0 Å². The van der Waals surface area contributed by atoms with Crippen LogP contribution in [0.25, 0.3) is 0 Å². The number of benzene rings is 2. The zero-order valence-electron chi connectivity index (χ0n) is 12.0. The first-order valence-electron chi connectivity index (χ1n) is 7.05. The van der Waals surface area contributed by atoms with Crippen LogP contribution in [0.15, 0.2) is 46.9 Å². The van der Waals surface area contributed by atoms with Crippen molar-refractivity contribution in [3.05, 3.63) is 63.9 Å². The molecule has 2 aromatic carbocycles. The number of rotatable bonds is 7. The Labute approximate surface area is 133 Å². The minimum Gasteiger partial charge on any atom is -0.489 e. The van der Waals surface area contributed by atoms with Crippen molar-refractivity contribution in [2.24, 2.45) is 0 Å². The summed E-state index contributed by atoms with van der Waals surface area (Å²) in [6, 6.07) is 12.9. The van der Waals surface area contributed by atoms with Crippen LogP contribution in [0.4, 0.5) is 4.39 Å². The second-order valence-corrected chi connectivity index (χ2v) is 5.76. The molecule has 2 aromatic rings. The second-order valence-electron chi connectivity index (χ2n) is 4.85. The van der Waals surface area contributed by atoms with Crippen LogP contribution in [0.3, 0.4) is 0 Å². The number of hydrogen-bond donors (Lipinski definition) is 1. The molecule has 0 bridgehead atoms. The number of ether oxygens (including phenoxy) is 1. The fourth-order valence-electron chi connectivity index (χ4n) is 1.95. The molecule has 0 aliphatic heterocycles. The lowest BCUT2D eigenvalue weighted by Gasteiger charge is -2.09. The Kier molecular flexibility index (Phi) is 6.21. The fraction of sp³-hybridized carbons (Fsp3) is 0.294. The Morgan fingerprint density at radius 1 is 1.19 bits per heavy atom. The van der Waals surface area contributed by atoms with Crippen molar-refractivity contribution >= 4 is 15.9 Å². The molecule has 2 nitrogen and oxygen atoms in total. The summed E-state index contributed by atoms with van der Waals surface area (Å²) in [4.78, 5) is 0. The van der Waals surface area contributed by atoms with Crippen molar-refractivity contribution in [1.82, 2.24) is 5.32 Å². The van der Waals surface area contributed by atoms with Gasteiger partial charge in [-0.1, -0.05) is 41.1 Å². The summed E-state index contributed by atoms with van der Waals surface area (Å²) in [6.07, 6.45) is 1.11. The molecular weight excluding hydrogens is 333 g/mol. The van der Waals surface area contributed by atoms with E-state index in [9.17, 15) is 4.39 Å². The van der Waals surface area contributed by atoms with Gasteiger partial charge in [-0.2, -0.15) is 0 Å². The Bertz CT molecular complexity index is 589. The Morgan fingerprint density at radius 2 is 2.05 bits per heavy atom. The lowest BCUT2D eigenvalue weighted by atomic mass is 10.2. The molecule has 0 fully saturated rings. The van der Waals surface area contributed by atoms with Crippen LogP contribution in [-0.2, 0) is 13.2 Å². The minimum absolute atomic E-state index is 0.227. The Balaban J connectivity index is 1.95. The molecule has 0 saturated heterocycles. The van der Waals surface area contributed by atoms with E-state index >= 15 is 0 Å². The van der Waals surface area contributed by atoms with Crippen LogP contribution >= 0.6 is 15.9 Å². The number of nitrogens with one attached hydrogen (secondary N) is 1. The van der Waals surface area contributed by atoms with Crippen molar-refractivity contribution in [2.75, 3.05) is 6.54 Å². The molecule has 0 spiro atoms. The monoisotopic (exact) mass is 351 g/mol. The van der Waals surface area contributed by atoms with Gasteiger partial charge in [0, 0.05) is 16.6 Å². The van der Waals surface area contributed by atoms with E-state index in [1.54, 1.807) is 6.07 Å². The molecule has 0 saturated carbocycles. The van der Waals surface area contributed by atoms with E-state index in [-0.39, 0.29) is 12.4 Å². The first-order valence-corrected chi connectivity index (χ1v) is 7.84. The van der Waals surface area contributed by atoms with Gasteiger partial charge in [0.15, 0.2) is 0 Å². The van der Waals surface area contributed by atoms with Gasteiger partial charge in [0.05, 0.1) is 0 Å². The second kappa shape index (κ2) is 8.15. The highest BCUT2D eigenvalue weighted by atomic mass is 79.9. The predicted molar refractivity (Wildman–Crippen MR) is 86.9 cm³/mol. The van der Waals surface area contributed by atoms with Crippen molar-refractivity contribution in [2.45, 2.75) is 26.5 Å². The van der Waals surface area contributed by atoms with E-state index < -0.39 is 0 Å². The van der Waals surface area contributed by atoms with Gasteiger partial charge in [-0.05, 0) is 42.8 Å². The zero-order chi connectivity index (χ0) is 15.1. The van der Waals surface area contributed by atoms with E-state index in [2.05, 4.69) is 34.2 Å². The van der Waals surface area contributed by atoms with Gasteiger partial charge in [-0.15, -0.1) is 0 Å². The van der Waals surface area contributed by atoms with Crippen molar-refractivity contribution < 1.29 is 9.13 Å². The van der Waals surface area contributed by atoms with Gasteiger partial charge < -0.3 is 10.1 Å². The van der Waals surface area contributed by atoms with Crippen LogP contribution in [0.5, 0.6) is 5.75 Å². The van der Waals surface area contributed by atoms with Crippen LogP contribution in [0.2, 0.25) is 0 Å². The topological polar surface area (TPSA) is 21.3 Å². The average Bonchev–Trinajstić information content (AvgIpc) is 2.47. The highest BCUT2D eigenvalue weighted by Crippen LogP contribution is 2.19. The molecule has 1 N–H and O–H groups in total. The summed E-state index contributed by atoms with van der Waals surface area (Å²) < 4.78 is 20.1. The first-order chi connectivity index (χ1) is 10.2. The minimum atomic E-state index is -0.259. The summed E-state index contributed by atoms with van der Waals surface area (Å²) in [5.74, 6) is 0.498. The third-order valence-corrected chi connectivity index (χ3v) is 3.56. The summed E-state index contributed by atoms with van der Waals surface area (Å²) in [5, 5.41) is 3.35. The van der Waals surface area contributed by atoms with Crippen LogP contribution in [0, 0.1) is 5.82 Å². The first kappa shape index (κ1) is 16.0. The summed E-state index contributed by atoms with van der Waals surface area (Å²) in [6.45, 7) is 4.18. The average molecular weight is 352 g/mol. The lowest BCUT2D eigenvalue weighted by molar-refractivity contribution is 0.299. The van der Waals surface area contributed by atoms with E-state index in [0.29, 0.717) is 5.56 Å². The van der Waals surface area contributed by atoms with E-state index in [0.717, 1.165) is 35.3 Å². The van der Waals surface area contributed by atoms with Crippen LogP contribution in [0.1, 0.15) is 24.5 Å². The van der Waals surface area contributed by atoms with E-state index in [1.807, 2.05) is 24.3 Å². The van der Waals surface area contributed by atoms with E-state index in [1.165, 1.54) is 6.07 Å². The molecule has 4 heteroatoms. The van der Waals surface area contributed by atoms with Crippen molar-refractivity contribution in [3.8, 4) is 5.75 Å². The molecule has 0 amide bonds. The molecule has 2 rings (SSSR count). The van der Waals surface area contributed by atoms with Gasteiger partial charge in [0.2, 0.25) is 0 Å². The van der Waals surface area contributed by atoms with Crippen LogP contribution in [-0.4, -0.2) is 6.54 Å². The maximum Gasteiger partial charge on any atom is 0.130 e. The van der Waals surface area contributed by atoms with Crippen LogP contribution < -0.4 is 10.1 Å². The zero-order valence-corrected chi connectivity index (χ0v) is 13.6. The standard InChI is InChI=1S/C17H19BrFNO/c1-2-8-20-11-13-4-3-5-16(9-13)21-12-14-6-7-15(18)10-17(14)19/h3-7,9-10,20H,2,8,11-12H2,1H3. The van der Waals surface area contributed by atoms with Crippen molar-refractivity contribution in [3.63, 3.8) is 0 Å². The molecule has 0 aromatic heterocycles. The normalized spacial score (nSPS) is 10.6. The molecular formula is C17H19BrFNO. The maximum atomic E-state index is 13.7. The fourth-order valence-corrected chi connectivity index (χ4v) is 2.29. The smallest absolute Gasteiger partial charge is 0.130 e.